The molecule has 0 atom stereocenters. The topological polar surface area (TPSA) is 42.5 Å². The van der Waals surface area contributed by atoms with Gasteiger partial charge in [-0.15, -0.1) is 0 Å². The van der Waals surface area contributed by atoms with E-state index in [1.54, 1.807) is 25.3 Å². The predicted molar refractivity (Wildman–Crippen MR) is 93.6 cm³/mol. The van der Waals surface area contributed by atoms with Crippen molar-refractivity contribution in [3.05, 3.63) is 53.8 Å². The summed E-state index contributed by atoms with van der Waals surface area (Å²) in [5, 5.41) is 6.22. The Balaban J connectivity index is 1.96. The van der Waals surface area contributed by atoms with Gasteiger partial charge in [0.1, 0.15) is 5.82 Å². The summed E-state index contributed by atoms with van der Waals surface area (Å²) >= 11 is 5.18. The average molecular weight is 334 g/mol. The first-order valence-electron chi connectivity index (χ1n) is 7.23. The van der Waals surface area contributed by atoms with Crippen molar-refractivity contribution in [2.75, 3.05) is 19.0 Å². The molecule has 0 unspecified atom stereocenters. The molecular formula is C17H19FN2O2S. The van der Waals surface area contributed by atoms with E-state index in [1.165, 1.54) is 6.07 Å². The van der Waals surface area contributed by atoms with Crippen molar-refractivity contribution >= 4 is 23.0 Å². The maximum Gasteiger partial charge on any atom is 0.171 e. The molecule has 0 heterocycles. The van der Waals surface area contributed by atoms with Crippen LogP contribution in [0.4, 0.5) is 10.1 Å². The Morgan fingerprint density at radius 1 is 1.17 bits per heavy atom. The zero-order valence-electron chi connectivity index (χ0n) is 13.1. The lowest BCUT2D eigenvalue weighted by molar-refractivity contribution is 0.310. The molecule has 0 bridgehead atoms. The number of ether oxygens (including phenoxy) is 2. The Labute approximate surface area is 140 Å². The number of nitrogens with one attached hydrogen (secondary N) is 2. The molecule has 2 rings (SSSR count). The predicted octanol–water partition coefficient (Wildman–Crippen LogP) is 3.72. The average Bonchev–Trinajstić information content (AvgIpc) is 2.55. The van der Waals surface area contributed by atoms with E-state index in [4.69, 9.17) is 21.7 Å². The van der Waals surface area contributed by atoms with Gasteiger partial charge in [0.25, 0.3) is 0 Å². The van der Waals surface area contributed by atoms with Crippen LogP contribution in [0.15, 0.2) is 42.5 Å². The minimum atomic E-state index is -0.347. The molecule has 0 spiro atoms. The van der Waals surface area contributed by atoms with Gasteiger partial charge in [0.2, 0.25) is 0 Å². The zero-order chi connectivity index (χ0) is 16.7. The van der Waals surface area contributed by atoms with Crippen molar-refractivity contribution in [1.82, 2.24) is 5.32 Å². The van der Waals surface area contributed by atoms with E-state index in [-0.39, 0.29) is 5.82 Å². The number of halogens is 1. The Morgan fingerprint density at radius 2 is 1.96 bits per heavy atom. The highest BCUT2D eigenvalue weighted by atomic mass is 32.1. The van der Waals surface area contributed by atoms with E-state index < -0.39 is 0 Å². The first kappa shape index (κ1) is 17.0. The molecule has 2 aromatic rings. The molecule has 0 saturated heterocycles. The first-order chi connectivity index (χ1) is 11.1. The Kier molecular flexibility index (Phi) is 6.17. The van der Waals surface area contributed by atoms with Crippen LogP contribution in [-0.2, 0) is 6.54 Å². The van der Waals surface area contributed by atoms with Crippen LogP contribution in [0.5, 0.6) is 11.5 Å². The smallest absolute Gasteiger partial charge is 0.171 e. The van der Waals surface area contributed by atoms with E-state index >= 15 is 0 Å². The molecule has 0 aliphatic rings. The molecule has 0 aliphatic heterocycles. The fourth-order valence-electron chi connectivity index (χ4n) is 2.01. The Morgan fingerprint density at radius 3 is 2.65 bits per heavy atom. The standard InChI is InChI=1S/C17H19FN2O2S/c1-3-22-16-10-12(8-9-15(16)21-2)11-19-17(23)20-14-7-5-4-6-13(14)18/h4-10H,3,11H2,1-2H3,(H2,19,20,23). The van der Waals surface area contributed by atoms with Crippen LogP contribution in [0.3, 0.4) is 0 Å². The third-order valence-corrected chi connectivity index (χ3v) is 3.35. The fraction of sp³-hybridized carbons (Fsp3) is 0.235. The fourth-order valence-corrected chi connectivity index (χ4v) is 2.19. The number of rotatable bonds is 6. The summed E-state index contributed by atoms with van der Waals surface area (Å²) in [5.74, 6) is 1.02. The number of methoxy groups -OCH3 is 1. The maximum absolute atomic E-state index is 13.6. The Hall–Kier alpha value is -2.34. The minimum absolute atomic E-state index is 0.342. The maximum atomic E-state index is 13.6. The van der Waals surface area contributed by atoms with Gasteiger partial charge in [0, 0.05) is 6.54 Å². The monoisotopic (exact) mass is 334 g/mol. The van der Waals surface area contributed by atoms with Gasteiger partial charge in [-0.1, -0.05) is 18.2 Å². The summed E-state index contributed by atoms with van der Waals surface area (Å²) in [6.07, 6.45) is 0. The number of anilines is 1. The lowest BCUT2D eigenvalue weighted by Gasteiger charge is -2.13. The second-order valence-corrected chi connectivity index (χ2v) is 5.11. The molecule has 0 aromatic heterocycles. The zero-order valence-corrected chi connectivity index (χ0v) is 13.9. The lowest BCUT2D eigenvalue weighted by atomic mass is 10.2. The van der Waals surface area contributed by atoms with Crippen molar-refractivity contribution < 1.29 is 13.9 Å². The van der Waals surface area contributed by atoms with Crippen molar-refractivity contribution in [2.24, 2.45) is 0 Å². The molecule has 2 N–H and O–H groups in total. The number of thiocarbonyl (C=S) groups is 1. The number of hydrogen-bond acceptors (Lipinski definition) is 3. The first-order valence-corrected chi connectivity index (χ1v) is 7.64. The van der Waals surface area contributed by atoms with E-state index in [0.717, 1.165) is 5.56 Å². The Bertz CT molecular complexity index is 679. The SMILES string of the molecule is CCOc1cc(CNC(=S)Nc2ccccc2F)ccc1OC. The van der Waals surface area contributed by atoms with Crippen LogP contribution in [0.25, 0.3) is 0 Å². The quantitative estimate of drug-likeness (QED) is 0.788. The van der Waals surface area contributed by atoms with Crippen molar-refractivity contribution in [2.45, 2.75) is 13.5 Å². The van der Waals surface area contributed by atoms with Crippen molar-refractivity contribution in [3.8, 4) is 11.5 Å². The molecule has 0 amide bonds. The number of hydrogen-bond donors (Lipinski definition) is 2. The third kappa shape index (κ3) is 4.82. The van der Waals surface area contributed by atoms with Crippen molar-refractivity contribution in [1.29, 1.82) is 0 Å². The molecule has 0 radical (unpaired) electrons. The van der Waals surface area contributed by atoms with Crippen LogP contribution in [0.1, 0.15) is 12.5 Å². The largest absolute Gasteiger partial charge is 0.493 e. The molecule has 0 fully saturated rings. The van der Waals surface area contributed by atoms with E-state index in [1.807, 2.05) is 25.1 Å². The molecule has 2 aromatic carbocycles. The molecule has 6 heteroatoms. The van der Waals surface area contributed by atoms with Gasteiger partial charge in [-0.05, 0) is 49.0 Å². The molecule has 23 heavy (non-hydrogen) atoms. The lowest BCUT2D eigenvalue weighted by Crippen LogP contribution is -2.28. The highest BCUT2D eigenvalue weighted by Crippen LogP contribution is 2.28. The minimum Gasteiger partial charge on any atom is -0.493 e. The van der Waals surface area contributed by atoms with Gasteiger partial charge in [0.15, 0.2) is 16.6 Å². The summed E-state index contributed by atoms with van der Waals surface area (Å²) in [5.41, 5.74) is 1.32. The van der Waals surface area contributed by atoms with Gasteiger partial charge in [0.05, 0.1) is 19.4 Å². The van der Waals surface area contributed by atoms with Crippen LogP contribution >= 0.6 is 12.2 Å². The van der Waals surface area contributed by atoms with Gasteiger partial charge in [-0.3, -0.25) is 0 Å². The van der Waals surface area contributed by atoms with Gasteiger partial charge >= 0.3 is 0 Å². The summed E-state index contributed by atoms with van der Waals surface area (Å²) in [4.78, 5) is 0. The highest BCUT2D eigenvalue weighted by Gasteiger charge is 2.07. The van der Waals surface area contributed by atoms with Gasteiger partial charge in [-0.2, -0.15) is 0 Å². The number of para-hydroxylation sites is 1. The highest BCUT2D eigenvalue weighted by molar-refractivity contribution is 7.80. The number of benzene rings is 2. The second-order valence-electron chi connectivity index (χ2n) is 4.71. The normalized spacial score (nSPS) is 10.0. The van der Waals surface area contributed by atoms with E-state index in [2.05, 4.69) is 10.6 Å². The second kappa shape index (κ2) is 8.33. The van der Waals surface area contributed by atoms with E-state index in [0.29, 0.717) is 35.5 Å². The molecule has 0 aliphatic carbocycles. The molecule has 122 valence electrons. The molecule has 4 nitrogen and oxygen atoms in total. The summed E-state index contributed by atoms with van der Waals surface area (Å²) in [7, 11) is 1.60. The summed E-state index contributed by atoms with van der Waals surface area (Å²) in [6.45, 7) is 2.96. The van der Waals surface area contributed by atoms with Gasteiger partial charge in [-0.25, -0.2) is 4.39 Å². The van der Waals surface area contributed by atoms with Crippen LogP contribution < -0.4 is 20.1 Å². The summed E-state index contributed by atoms with van der Waals surface area (Å²) < 4.78 is 24.3. The summed E-state index contributed by atoms with van der Waals surface area (Å²) in [6, 6.07) is 12.0. The van der Waals surface area contributed by atoms with Crippen LogP contribution in [0.2, 0.25) is 0 Å². The molecular weight excluding hydrogens is 315 g/mol. The van der Waals surface area contributed by atoms with E-state index in [9.17, 15) is 4.39 Å². The van der Waals surface area contributed by atoms with Crippen molar-refractivity contribution in [3.63, 3.8) is 0 Å². The van der Waals surface area contributed by atoms with Gasteiger partial charge < -0.3 is 20.1 Å². The van der Waals surface area contributed by atoms with Crippen LogP contribution in [0, 0.1) is 5.82 Å². The third-order valence-electron chi connectivity index (χ3n) is 3.10. The molecule has 0 saturated carbocycles. The van der Waals surface area contributed by atoms with Crippen LogP contribution in [-0.4, -0.2) is 18.8 Å².